The third kappa shape index (κ3) is 4.27. The number of aromatic nitrogens is 1. The van der Waals surface area contributed by atoms with E-state index in [1.54, 1.807) is 35.5 Å². The van der Waals surface area contributed by atoms with Crippen LogP contribution in [0.5, 0.6) is 0 Å². The van der Waals surface area contributed by atoms with Gasteiger partial charge in [-0.05, 0) is 24.1 Å². The van der Waals surface area contributed by atoms with Gasteiger partial charge in [0.25, 0.3) is 5.69 Å². The number of amides is 2. The van der Waals surface area contributed by atoms with Crippen molar-refractivity contribution in [2.75, 3.05) is 37.6 Å². The van der Waals surface area contributed by atoms with Crippen molar-refractivity contribution < 1.29 is 9.72 Å². The van der Waals surface area contributed by atoms with Gasteiger partial charge in [0.2, 0.25) is 0 Å². The van der Waals surface area contributed by atoms with Crippen molar-refractivity contribution in [3.05, 3.63) is 64.5 Å². The second kappa shape index (κ2) is 8.28. The number of benzene rings is 1. The third-order valence-electron chi connectivity index (χ3n) is 4.40. The lowest BCUT2D eigenvalue weighted by Crippen LogP contribution is -2.52. The van der Waals surface area contributed by atoms with Crippen LogP contribution in [0.25, 0.3) is 0 Å². The number of nitrogens with one attached hydrogen (secondary N) is 1. The summed E-state index contributed by atoms with van der Waals surface area (Å²) in [6.45, 7) is 2.76. The minimum absolute atomic E-state index is 0.0990. The van der Waals surface area contributed by atoms with Gasteiger partial charge in [-0.2, -0.15) is 0 Å². The zero-order chi connectivity index (χ0) is 18.4. The Bertz CT molecular complexity index is 760. The average Bonchev–Trinajstić information content (AvgIpc) is 2.69. The predicted octanol–water partition coefficient (Wildman–Crippen LogP) is 2.06. The fraction of sp³-hybridized carbons (Fsp3) is 0.333. The maximum Gasteiger partial charge on any atom is 0.317 e. The van der Waals surface area contributed by atoms with Crippen molar-refractivity contribution in [2.24, 2.45) is 0 Å². The highest BCUT2D eigenvalue weighted by Crippen LogP contribution is 2.28. The minimum Gasteiger partial charge on any atom is -0.362 e. The Morgan fingerprint density at radius 2 is 1.92 bits per heavy atom. The van der Waals surface area contributed by atoms with Crippen LogP contribution >= 0.6 is 0 Å². The fourth-order valence-corrected chi connectivity index (χ4v) is 3.01. The molecular weight excluding hydrogens is 334 g/mol. The number of urea groups is 1. The van der Waals surface area contributed by atoms with Crippen LogP contribution in [-0.4, -0.2) is 53.6 Å². The average molecular weight is 355 g/mol. The van der Waals surface area contributed by atoms with Gasteiger partial charge in [-0.1, -0.05) is 18.2 Å². The molecule has 8 heteroatoms. The summed E-state index contributed by atoms with van der Waals surface area (Å²) in [6.07, 6.45) is 4.24. The molecule has 1 aliphatic heterocycles. The van der Waals surface area contributed by atoms with Gasteiger partial charge in [0, 0.05) is 51.2 Å². The van der Waals surface area contributed by atoms with Gasteiger partial charge in [0.15, 0.2) is 0 Å². The second-order valence-corrected chi connectivity index (χ2v) is 6.06. The summed E-state index contributed by atoms with van der Waals surface area (Å²) in [5, 5.41) is 14.1. The van der Waals surface area contributed by atoms with Gasteiger partial charge in [-0.25, -0.2) is 4.79 Å². The van der Waals surface area contributed by atoms with Crippen molar-refractivity contribution in [1.29, 1.82) is 0 Å². The molecule has 0 saturated carbocycles. The van der Waals surface area contributed by atoms with Crippen LogP contribution in [0.1, 0.15) is 5.56 Å². The number of para-hydroxylation sites is 2. The van der Waals surface area contributed by atoms with Gasteiger partial charge < -0.3 is 15.1 Å². The third-order valence-corrected chi connectivity index (χ3v) is 4.40. The molecule has 8 nitrogen and oxygen atoms in total. The monoisotopic (exact) mass is 355 g/mol. The topological polar surface area (TPSA) is 91.6 Å². The maximum absolute atomic E-state index is 12.3. The summed E-state index contributed by atoms with van der Waals surface area (Å²) in [5.74, 6) is 0. The van der Waals surface area contributed by atoms with E-state index in [-0.39, 0.29) is 16.6 Å². The largest absolute Gasteiger partial charge is 0.362 e. The Balaban J connectivity index is 1.49. The first kappa shape index (κ1) is 17.7. The highest BCUT2D eigenvalue weighted by Gasteiger charge is 2.25. The van der Waals surface area contributed by atoms with Crippen LogP contribution in [0.15, 0.2) is 48.8 Å². The van der Waals surface area contributed by atoms with E-state index in [9.17, 15) is 14.9 Å². The lowest BCUT2D eigenvalue weighted by Gasteiger charge is -2.35. The second-order valence-electron chi connectivity index (χ2n) is 6.06. The maximum atomic E-state index is 12.3. The Labute approximate surface area is 151 Å². The lowest BCUT2D eigenvalue weighted by molar-refractivity contribution is -0.384. The number of rotatable bonds is 5. The number of carbonyl (C=O) groups excluding carboxylic acids is 1. The summed E-state index contributed by atoms with van der Waals surface area (Å²) in [6, 6.07) is 10.5. The number of hydrogen-bond acceptors (Lipinski definition) is 5. The molecule has 0 unspecified atom stereocenters. The molecule has 3 rings (SSSR count). The van der Waals surface area contributed by atoms with E-state index in [0.717, 1.165) is 12.0 Å². The molecule has 1 saturated heterocycles. The lowest BCUT2D eigenvalue weighted by atomic mass is 10.2. The number of anilines is 1. The smallest absolute Gasteiger partial charge is 0.317 e. The Hall–Kier alpha value is -3.16. The fourth-order valence-electron chi connectivity index (χ4n) is 3.01. The van der Waals surface area contributed by atoms with Crippen molar-refractivity contribution in [3.8, 4) is 0 Å². The molecule has 1 aromatic heterocycles. The number of hydrogen-bond donors (Lipinski definition) is 1. The van der Waals surface area contributed by atoms with Crippen molar-refractivity contribution in [1.82, 2.24) is 15.2 Å². The molecule has 1 N–H and O–H groups in total. The van der Waals surface area contributed by atoms with E-state index in [0.29, 0.717) is 38.4 Å². The van der Waals surface area contributed by atoms with Crippen molar-refractivity contribution in [3.63, 3.8) is 0 Å². The molecule has 0 bridgehead atoms. The molecule has 1 aromatic carbocycles. The number of nitro benzene ring substituents is 1. The first-order valence-electron chi connectivity index (χ1n) is 8.55. The van der Waals surface area contributed by atoms with E-state index < -0.39 is 0 Å². The normalized spacial score (nSPS) is 14.2. The molecule has 2 aromatic rings. The van der Waals surface area contributed by atoms with Crippen LogP contribution in [0.3, 0.4) is 0 Å². The molecule has 0 aliphatic carbocycles. The molecule has 1 aliphatic rings. The molecule has 1 fully saturated rings. The quantitative estimate of drug-likeness (QED) is 0.655. The summed E-state index contributed by atoms with van der Waals surface area (Å²) in [5.41, 5.74) is 1.78. The zero-order valence-corrected chi connectivity index (χ0v) is 14.4. The van der Waals surface area contributed by atoms with Crippen molar-refractivity contribution >= 4 is 17.4 Å². The number of carbonyl (C=O) groups is 1. The molecule has 136 valence electrons. The standard InChI is InChI=1S/C18H21N5O3/c24-18(20-9-7-15-4-3-8-19-14-15)22-12-10-21(11-13-22)16-5-1-2-6-17(16)23(25)26/h1-6,8,14H,7,9-13H2,(H,20,24). The zero-order valence-electron chi connectivity index (χ0n) is 14.4. The van der Waals surface area contributed by atoms with E-state index in [2.05, 4.69) is 10.3 Å². The highest BCUT2D eigenvalue weighted by atomic mass is 16.6. The van der Waals surface area contributed by atoms with Gasteiger partial charge in [0.1, 0.15) is 5.69 Å². The highest BCUT2D eigenvalue weighted by molar-refractivity contribution is 5.74. The van der Waals surface area contributed by atoms with Gasteiger partial charge in [-0.3, -0.25) is 15.1 Å². The van der Waals surface area contributed by atoms with Crippen LogP contribution in [0.2, 0.25) is 0 Å². The summed E-state index contributed by atoms with van der Waals surface area (Å²) in [4.78, 5) is 30.8. The number of pyridine rings is 1. The molecule has 0 radical (unpaired) electrons. The van der Waals surface area contributed by atoms with E-state index in [4.69, 9.17) is 0 Å². The van der Waals surface area contributed by atoms with E-state index in [1.807, 2.05) is 17.0 Å². The molecule has 26 heavy (non-hydrogen) atoms. The Kier molecular flexibility index (Phi) is 5.62. The van der Waals surface area contributed by atoms with Crippen molar-refractivity contribution in [2.45, 2.75) is 6.42 Å². The first-order chi connectivity index (χ1) is 12.6. The van der Waals surface area contributed by atoms with Gasteiger partial charge in [-0.15, -0.1) is 0 Å². The van der Waals surface area contributed by atoms with Gasteiger partial charge >= 0.3 is 6.03 Å². The van der Waals surface area contributed by atoms with E-state index >= 15 is 0 Å². The molecule has 2 amide bonds. The number of nitrogens with zero attached hydrogens (tertiary/aromatic N) is 4. The number of piperazine rings is 1. The Morgan fingerprint density at radius 3 is 2.62 bits per heavy atom. The van der Waals surface area contributed by atoms with Crippen LogP contribution in [0, 0.1) is 10.1 Å². The van der Waals surface area contributed by atoms with Crippen LogP contribution in [0.4, 0.5) is 16.2 Å². The molecule has 0 atom stereocenters. The Morgan fingerprint density at radius 1 is 1.15 bits per heavy atom. The number of nitro groups is 1. The SMILES string of the molecule is O=C(NCCc1cccnc1)N1CCN(c2ccccc2[N+](=O)[O-])CC1. The first-order valence-corrected chi connectivity index (χ1v) is 8.55. The molecule has 0 spiro atoms. The molecule has 2 heterocycles. The van der Waals surface area contributed by atoms with Crippen LogP contribution < -0.4 is 10.2 Å². The summed E-state index contributed by atoms with van der Waals surface area (Å²) < 4.78 is 0. The minimum atomic E-state index is -0.368. The predicted molar refractivity (Wildman–Crippen MR) is 98.2 cm³/mol. The summed E-state index contributed by atoms with van der Waals surface area (Å²) in [7, 11) is 0. The molecular formula is C18H21N5O3. The summed E-state index contributed by atoms with van der Waals surface area (Å²) >= 11 is 0. The van der Waals surface area contributed by atoms with E-state index in [1.165, 1.54) is 6.07 Å². The van der Waals surface area contributed by atoms with Gasteiger partial charge in [0.05, 0.1) is 4.92 Å². The van der Waals surface area contributed by atoms with Crippen LogP contribution in [-0.2, 0) is 6.42 Å².